The van der Waals surface area contributed by atoms with E-state index < -0.39 is 101 Å². The second-order valence-corrected chi connectivity index (χ2v) is 15.8. The number of esters is 2. The first-order valence-electron chi connectivity index (χ1n) is 18.2. The van der Waals surface area contributed by atoms with Crippen molar-refractivity contribution < 1.29 is 63.3 Å². The maximum atomic E-state index is 14.7. The third-order valence-corrected chi connectivity index (χ3v) is 12.6. The van der Waals surface area contributed by atoms with Gasteiger partial charge in [0, 0.05) is 29.7 Å². The Labute approximate surface area is 316 Å². The van der Waals surface area contributed by atoms with Crippen LogP contribution in [0, 0.1) is 16.7 Å². The molecule has 2 bridgehead atoms. The molecule has 3 fully saturated rings. The van der Waals surface area contributed by atoms with Crippen LogP contribution in [0.4, 0.5) is 0 Å². The Balaban J connectivity index is 1.31. The molecule has 0 spiro atoms. The molecule has 6 N–H and O–H groups in total. The molecular formula is C41H45NO13. The fraction of sp³-hybridized carbons (Fsp3) is 0.463. The lowest BCUT2D eigenvalue weighted by Crippen LogP contribution is -2.81. The smallest absolute Gasteiger partial charge is 0.338 e. The average Bonchev–Trinajstić information content (AvgIpc) is 3.71. The number of hydrogen-bond acceptors (Lipinski definition) is 13. The number of fused-ring (bicyclic) bond motifs is 5. The normalized spacial score (nSPS) is 34.7. The highest BCUT2D eigenvalue weighted by atomic mass is 16.6. The molecule has 1 amide bonds. The number of furan rings is 1. The summed E-state index contributed by atoms with van der Waals surface area (Å²) in [6.07, 6.45) is -9.13. The van der Waals surface area contributed by atoms with Crippen LogP contribution in [0.2, 0.25) is 0 Å². The van der Waals surface area contributed by atoms with Crippen LogP contribution < -0.4 is 5.32 Å². The molecular weight excluding hydrogens is 714 g/mol. The Hall–Kier alpha value is -4.70. The van der Waals surface area contributed by atoms with Crippen molar-refractivity contribution in [3.8, 4) is 0 Å². The molecule has 1 saturated heterocycles. The van der Waals surface area contributed by atoms with E-state index in [9.17, 15) is 44.7 Å². The van der Waals surface area contributed by atoms with E-state index in [4.69, 9.17) is 18.6 Å². The van der Waals surface area contributed by atoms with Gasteiger partial charge in [0.1, 0.15) is 41.3 Å². The van der Waals surface area contributed by atoms with E-state index in [1.807, 2.05) is 0 Å². The second-order valence-electron chi connectivity index (χ2n) is 15.8. The fourth-order valence-corrected chi connectivity index (χ4v) is 9.31. The molecule has 2 heterocycles. The number of benzene rings is 2. The predicted octanol–water partition coefficient (Wildman–Crippen LogP) is 2.19. The van der Waals surface area contributed by atoms with Gasteiger partial charge in [0.05, 0.1) is 36.1 Å². The summed E-state index contributed by atoms with van der Waals surface area (Å²) in [5.74, 6) is -5.17. The Bertz CT molecular complexity index is 2000. The van der Waals surface area contributed by atoms with E-state index >= 15 is 0 Å². The van der Waals surface area contributed by atoms with Gasteiger partial charge in [-0.3, -0.25) is 9.59 Å². The van der Waals surface area contributed by atoms with Crippen molar-refractivity contribution in [1.82, 2.24) is 5.32 Å². The van der Waals surface area contributed by atoms with E-state index in [1.165, 1.54) is 44.4 Å². The van der Waals surface area contributed by atoms with Gasteiger partial charge in [-0.05, 0) is 61.4 Å². The number of Topliss-reactive ketones (excluding diaryl/α,β-unsaturated/α-hetero) is 1. The van der Waals surface area contributed by atoms with Gasteiger partial charge in [-0.25, -0.2) is 9.59 Å². The highest BCUT2D eigenvalue weighted by molar-refractivity contribution is 5.95. The summed E-state index contributed by atoms with van der Waals surface area (Å²) in [6, 6.07) is 17.5. The summed E-state index contributed by atoms with van der Waals surface area (Å²) >= 11 is 0. The molecule has 2 aromatic carbocycles. The van der Waals surface area contributed by atoms with Gasteiger partial charge in [0.2, 0.25) is 0 Å². The number of aliphatic hydroxyl groups excluding tert-OH is 3. The van der Waals surface area contributed by atoms with E-state index in [0.717, 1.165) is 0 Å². The summed E-state index contributed by atoms with van der Waals surface area (Å²) in [7, 11) is 0. The topological polar surface area (TPSA) is 222 Å². The zero-order chi connectivity index (χ0) is 39.7. The summed E-state index contributed by atoms with van der Waals surface area (Å²) in [5.41, 5.74) is -7.33. The molecule has 0 radical (unpaired) electrons. The first-order valence-corrected chi connectivity index (χ1v) is 18.2. The highest BCUT2D eigenvalue weighted by Crippen LogP contribution is 2.63. The van der Waals surface area contributed by atoms with Crippen molar-refractivity contribution in [2.45, 2.75) is 94.4 Å². The minimum Gasteiger partial charge on any atom is -0.467 e. The van der Waals surface area contributed by atoms with E-state index in [2.05, 4.69) is 5.32 Å². The summed E-state index contributed by atoms with van der Waals surface area (Å²) in [5, 5.41) is 63.2. The first-order chi connectivity index (χ1) is 26.0. The molecule has 1 aliphatic heterocycles. The molecule has 14 nitrogen and oxygen atoms in total. The minimum absolute atomic E-state index is 0.0342. The zero-order valence-corrected chi connectivity index (χ0v) is 30.7. The van der Waals surface area contributed by atoms with E-state index in [-0.39, 0.29) is 41.1 Å². The molecule has 4 aliphatic rings. The monoisotopic (exact) mass is 759 g/mol. The SMILES string of the molecule is CC1=C2[C@@H](O)C(=O)[C@@]3(C)[C@H]([C@H](OC(=O)c4ccccc4)[C@](O)(CC1OC(=O)[C@H](O)[C@@H](NC(=O)c1ccccc1)c1ccco1)C2(C)C)[C@]1(O)CO[C@@H]1C[C@@H]3O. The van der Waals surface area contributed by atoms with Gasteiger partial charge >= 0.3 is 11.9 Å². The number of rotatable bonds is 8. The molecule has 2 saturated carbocycles. The van der Waals surface area contributed by atoms with Crippen LogP contribution in [-0.4, -0.2) is 104 Å². The van der Waals surface area contributed by atoms with Gasteiger partial charge in [0.15, 0.2) is 11.9 Å². The lowest BCUT2D eigenvalue weighted by atomic mass is 9.44. The van der Waals surface area contributed by atoms with Crippen molar-refractivity contribution in [3.05, 3.63) is 107 Å². The van der Waals surface area contributed by atoms with Crippen LogP contribution in [-0.2, 0) is 23.8 Å². The quantitative estimate of drug-likeness (QED) is 0.143. The minimum atomic E-state index is -2.31. The number of ether oxygens (including phenoxy) is 3. The number of aliphatic hydroxyl groups is 5. The number of carbonyl (C=O) groups excluding carboxylic acids is 4. The summed E-state index contributed by atoms with van der Waals surface area (Å²) in [6.45, 7) is 5.66. The number of nitrogens with one attached hydrogen (secondary N) is 1. The fourth-order valence-electron chi connectivity index (χ4n) is 9.31. The number of amides is 1. The van der Waals surface area contributed by atoms with Gasteiger partial charge in [0.25, 0.3) is 5.91 Å². The molecule has 7 rings (SSSR count). The standard InChI is InChI=1S/C41H45NO13/c1-21-25(54-37(49)31(45)29(24-16-11-17-52-24)42-35(47)22-12-7-5-8-13-22)19-41(51)34(55-36(48)23-14-9-6-10-15-23)32-39(4,26(43)18-27-40(32,50)20-53-27)33(46)30(44)28(21)38(41,2)3/h5-17,25-27,29-32,34,43-45,50-51H,18-20H2,1-4H3,(H,42,47)/t25?,26-,27+,29-,30+,31+,32-,34-,39+,40-,41+/m0/s1. The molecule has 14 heteroatoms. The van der Waals surface area contributed by atoms with Crippen molar-refractivity contribution in [2.24, 2.45) is 16.7 Å². The lowest BCUT2D eigenvalue weighted by molar-refractivity contribution is -0.343. The number of ketones is 1. The Morgan fingerprint density at radius 3 is 2.13 bits per heavy atom. The largest absolute Gasteiger partial charge is 0.467 e. The molecule has 292 valence electrons. The number of hydrogen-bond donors (Lipinski definition) is 6. The van der Waals surface area contributed by atoms with Gasteiger partial charge in [-0.2, -0.15) is 0 Å². The summed E-state index contributed by atoms with van der Waals surface area (Å²) in [4.78, 5) is 55.7. The van der Waals surface area contributed by atoms with Crippen LogP contribution in [0.3, 0.4) is 0 Å². The molecule has 3 aromatic rings. The third kappa shape index (κ3) is 5.94. The second kappa shape index (κ2) is 13.8. The lowest BCUT2D eigenvalue weighted by Gasteiger charge is -2.66. The maximum absolute atomic E-state index is 14.7. The highest BCUT2D eigenvalue weighted by Gasteiger charge is 2.76. The van der Waals surface area contributed by atoms with Crippen molar-refractivity contribution in [3.63, 3.8) is 0 Å². The van der Waals surface area contributed by atoms with Crippen molar-refractivity contribution >= 4 is 23.6 Å². The average molecular weight is 760 g/mol. The molecule has 11 atom stereocenters. The Kier molecular flexibility index (Phi) is 9.68. The van der Waals surface area contributed by atoms with Crippen LogP contribution in [0.5, 0.6) is 0 Å². The van der Waals surface area contributed by atoms with Crippen LogP contribution in [0.15, 0.2) is 94.6 Å². The van der Waals surface area contributed by atoms with Gasteiger partial charge < -0.3 is 49.5 Å². The first kappa shape index (κ1) is 38.6. The summed E-state index contributed by atoms with van der Waals surface area (Å²) < 4.78 is 23.2. The maximum Gasteiger partial charge on any atom is 0.338 e. The van der Waals surface area contributed by atoms with Gasteiger partial charge in [-0.1, -0.05) is 50.2 Å². The number of carbonyl (C=O) groups is 4. The van der Waals surface area contributed by atoms with E-state index in [1.54, 1.807) is 62.4 Å². The van der Waals surface area contributed by atoms with Crippen molar-refractivity contribution in [1.29, 1.82) is 0 Å². The van der Waals surface area contributed by atoms with Crippen LogP contribution in [0.1, 0.15) is 73.1 Å². The van der Waals surface area contributed by atoms with Crippen LogP contribution >= 0.6 is 0 Å². The Morgan fingerprint density at radius 2 is 1.55 bits per heavy atom. The zero-order valence-electron chi connectivity index (χ0n) is 30.7. The van der Waals surface area contributed by atoms with E-state index in [0.29, 0.717) is 0 Å². The van der Waals surface area contributed by atoms with Gasteiger partial charge in [-0.15, -0.1) is 0 Å². The Morgan fingerprint density at radius 1 is 0.909 bits per heavy atom. The molecule has 1 aromatic heterocycles. The van der Waals surface area contributed by atoms with Crippen LogP contribution in [0.25, 0.3) is 0 Å². The molecule has 3 aliphatic carbocycles. The van der Waals surface area contributed by atoms with Crippen molar-refractivity contribution in [2.75, 3.05) is 6.61 Å². The third-order valence-electron chi connectivity index (χ3n) is 12.6. The molecule has 1 unspecified atom stereocenters. The predicted molar refractivity (Wildman–Crippen MR) is 191 cm³/mol. The molecule has 55 heavy (non-hydrogen) atoms.